The number of anilines is 1. The van der Waals surface area contributed by atoms with Crippen LogP contribution in [-0.2, 0) is 14.4 Å². The van der Waals surface area contributed by atoms with E-state index in [0.29, 0.717) is 37.1 Å². The third-order valence-corrected chi connectivity index (χ3v) is 4.92. The number of aliphatic imine (C=N–C) groups is 1. The molecule has 1 aliphatic heterocycles. The van der Waals surface area contributed by atoms with Crippen LogP contribution in [0.25, 0.3) is 0 Å². The average Bonchev–Trinajstić information content (AvgIpc) is 2.88. The van der Waals surface area contributed by atoms with Gasteiger partial charge in [0.1, 0.15) is 6.29 Å². The van der Waals surface area contributed by atoms with Crippen molar-refractivity contribution < 1.29 is 14.4 Å². The molecule has 0 spiro atoms. The van der Waals surface area contributed by atoms with Crippen LogP contribution in [0.4, 0.5) is 5.69 Å². The third-order valence-electron chi connectivity index (χ3n) is 4.92. The van der Waals surface area contributed by atoms with Crippen molar-refractivity contribution in [2.45, 2.75) is 31.8 Å². The van der Waals surface area contributed by atoms with E-state index in [1.54, 1.807) is 6.07 Å². The van der Waals surface area contributed by atoms with Gasteiger partial charge in [0.25, 0.3) is 5.91 Å². The minimum Gasteiger partial charge on any atom is -0.330 e. The van der Waals surface area contributed by atoms with Gasteiger partial charge in [0.05, 0.1) is 17.9 Å². The van der Waals surface area contributed by atoms with Crippen molar-refractivity contribution in [2.24, 2.45) is 10.7 Å². The highest BCUT2D eigenvalue weighted by molar-refractivity contribution is 6.20. The van der Waals surface area contributed by atoms with E-state index in [0.717, 1.165) is 24.0 Å². The number of nitrogens with zero attached hydrogens (tertiary/aromatic N) is 2. The lowest BCUT2D eigenvalue weighted by molar-refractivity contribution is -0.127. The maximum absolute atomic E-state index is 13.2. The Morgan fingerprint density at radius 1 is 1.07 bits per heavy atom. The predicted molar refractivity (Wildman–Crippen MR) is 116 cm³/mol. The lowest BCUT2D eigenvalue weighted by Gasteiger charge is -2.23. The molecule has 0 aliphatic carbocycles. The molecule has 7 nitrogen and oxygen atoms in total. The van der Waals surface area contributed by atoms with Crippen LogP contribution >= 0.6 is 0 Å². The molecule has 0 saturated heterocycles. The molecule has 7 heteroatoms. The fourth-order valence-electron chi connectivity index (χ4n) is 3.44. The zero-order valence-corrected chi connectivity index (χ0v) is 16.8. The Labute approximate surface area is 176 Å². The van der Waals surface area contributed by atoms with E-state index >= 15 is 0 Å². The number of nitrogens with two attached hydrogens (primary N) is 1. The zero-order valence-electron chi connectivity index (χ0n) is 16.8. The molecule has 0 fully saturated rings. The number of para-hydroxylation sites is 1. The van der Waals surface area contributed by atoms with E-state index in [4.69, 9.17) is 5.73 Å². The highest BCUT2D eigenvalue weighted by atomic mass is 16.2. The first kappa shape index (κ1) is 21.4. The van der Waals surface area contributed by atoms with Crippen molar-refractivity contribution in [1.29, 1.82) is 0 Å². The first-order valence-corrected chi connectivity index (χ1v) is 10.1. The number of carbonyl (C=O) groups excluding carboxylic acids is 3. The largest absolute Gasteiger partial charge is 0.330 e. The number of hydrogen-bond acceptors (Lipinski definition) is 5. The summed E-state index contributed by atoms with van der Waals surface area (Å²) in [6.07, 6.45) is 2.26. The second-order valence-electron chi connectivity index (χ2n) is 7.05. The Bertz CT molecular complexity index is 927. The zero-order chi connectivity index (χ0) is 21.3. The molecule has 30 heavy (non-hydrogen) atoms. The molecule has 156 valence electrons. The number of hydrogen-bond donors (Lipinski definition) is 2. The number of nitrogens with one attached hydrogen (secondary N) is 1. The van der Waals surface area contributed by atoms with Gasteiger partial charge in [-0.2, -0.15) is 0 Å². The summed E-state index contributed by atoms with van der Waals surface area (Å²) >= 11 is 0. The van der Waals surface area contributed by atoms with E-state index in [1.807, 2.05) is 48.5 Å². The molecule has 0 aromatic heterocycles. The summed E-state index contributed by atoms with van der Waals surface area (Å²) in [5.74, 6) is -0.686. The van der Waals surface area contributed by atoms with Crippen molar-refractivity contribution in [3.63, 3.8) is 0 Å². The lowest BCUT2D eigenvalue weighted by Crippen LogP contribution is -2.48. The van der Waals surface area contributed by atoms with Gasteiger partial charge in [-0.05, 0) is 25.5 Å². The number of amides is 2. The standard InChI is InChI=1S/C23H26N4O3/c24-14-8-2-5-13-20(29)25-22-23(30)27(15-16-28)19-12-7-6-11-18(19)21(26-22)17-9-3-1-4-10-17/h1,3-4,6-7,9-12,16,22H,2,5,8,13-15,24H2,(H,25,29). The van der Waals surface area contributed by atoms with Crippen molar-refractivity contribution >= 4 is 29.5 Å². The van der Waals surface area contributed by atoms with Crippen LogP contribution in [0.2, 0.25) is 0 Å². The average molecular weight is 406 g/mol. The number of aldehydes is 1. The van der Waals surface area contributed by atoms with E-state index in [2.05, 4.69) is 10.3 Å². The van der Waals surface area contributed by atoms with Gasteiger partial charge in [0.15, 0.2) is 0 Å². The van der Waals surface area contributed by atoms with Crippen LogP contribution in [0.15, 0.2) is 59.6 Å². The molecule has 2 aromatic rings. The van der Waals surface area contributed by atoms with E-state index in [9.17, 15) is 14.4 Å². The first-order chi connectivity index (χ1) is 14.7. The number of fused-ring (bicyclic) bond motifs is 1. The van der Waals surface area contributed by atoms with Gasteiger partial charge < -0.3 is 20.7 Å². The highest BCUT2D eigenvalue weighted by Crippen LogP contribution is 2.27. The molecule has 2 aromatic carbocycles. The van der Waals surface area contributed by atoms with Crippen LogP contribution in [0, 0.1) is 0 Å². The quantitative estimate of drug-likeness (QED) is 0.491. The first-order valence-electron chi connectivity index (χ1n) is 10.1. The van der Waals surface area contributed by atoms with Crippen LogP contribution in [0.1, 0.15) is 36.8 Å². The van der Waals surface area contributed by atoms with Crippen molar-refractivity contribution in [3.05, 3.63) is 65.7 Å². The highest BCUT2D eigenvalue weighted by Gasteiger charge is 2.32. The Morgan fingerprint density at radius 3 is 2.53 bits per heavy atom. The Hall–Kier alpha value is -3.32. The minimum absolute atomic E-state index is 0.115. The van der Waals surface area contributed by atoms with Gasteiger partial charge in [0, 0.05) is 17.5 Å². The fraction of sp³-hybridized carbons (Fsp3) is 0.304. The molecule has 1 atom stereocenters. The second kappa shape index (κ2) is 10.5. The minimum atomic E-state index is -1.10. The molecule has 1 unspecified atom stereocenters. The van der Waals surface area contributed by atoms with Crippen molar-refractivity contribution in [1.82, 2.24) is 5.32 Å². The molecule has 3 rings (SSSR count). The van der Waals surface area contributed by atoms with Gasteiger partial charge in [-0.15, -0.1) is 0 Å². The summed E-state index contributed by atoms with van der Waals surface area (Å²) in [6.45, 7) is 0.475. The van der Waals surface area contributed by atoms with Crippen LogP contribution in [-0.4, -0.2) is 43.1 Å². The monoisotopic (exact) mass is 406 g/mol. The number of unbranched alkanes of at least 4 members (excludes halogenated alkanes) is 2. The molecule has 3 N–H and O–H groups in total. The molecular formula is C23H26N4O3. The van der Waals surface area contributed by atoms with Crippen LogP contribution < -0.4 is 16.0 Å². The molecule has 0 bridgehead atoms. The Kier molecular flexibility index (Phi) is 7.45. The molecule has 0 saturated carbocycles. The molecule has 0 radical (unpaired) electrons. The summed E-state index contributed by atoms with van der Waals surface area (Å²) in [6, 6.07) is 16.8. The Morgan fingerprint density at radius 2 is 1.80 bits per heavy atom. The maximum Gasteiger partial charge on any atom is 0.272 e. The summed E-state index contributed by atoms with van der Waals surface area (Å²) in [5, 5.41) is 2.74. The molecule has 1 heterocycles. The SMILES string of the molecule is NCCCCCC(=O)NC1N=C(c2ccccc2)c2ccccc2N(CC=O)C1=O. The van der Waals surface area contributed by atoms with Crippen molar-refractivity contribution in [2.75, 3.05) is 18.0 Å². The number of benzene rings is 2. The summed E-state index contributed by atoms with van der Waals surface area (Å²) < 4.78 is 0. The maximum atomic E-state index is 13.2. The fourth-order valence-corrected chi connectivity index (χ4v) is 3.44. The van der Waals surface area contributed by atoms with Gasteiger partial charge in [-0.3, -0.25) is 9.59 Å². The molecular weight excluding hydrogens is 380 g/mol. The normalized spacial score (nSPS) is 15.8. The lowest BCUT2D eigenvalue weighted by atomic mass is 10.0. The van der Waals surface area contributed by atoms with E-state index in [-0.39, 0.29) is 12.5 Å². The summed E-state index contributed by atoms with van der Waals surface area (Å²) in [5.41, 5.74) is 8.24. The second-order valence-corrected chi connectivity index (χ2v) is 7.05. The number of benzodiazepines with no additional fused rings is 1. The summed E-state index contributed by atoms with van der Waals surface area (Å²) in [4.78, 5) is 43.0. The van der Waals surface area contributed by atoms with Crippen molar-refractivity contribution in [3.8, 4) is 0 Å². The van der Waals surface area contributed by atoms with Gasteiger partial charge in [0.2, 0.25) is 12.1 Å². The van der Waals surface area contributed by atoms with Gasteiger partial charge >= 0.3 is 0 Å². The molecule has 2 amide bonds. The van der Waals surface area contributed by atoms with E-state index in [1.165, 1.54) is 4.90 Å². The van der Waals surface area contributed by atoms with Gasteiger partial charge in [-0.1, -0.05) is 55.0 Å². The molecule has 1 aliphatic rings. The number of rotatable bonds is 9. The number of carbonyl (C=O) groups is 3. The van der Waals surface area contributed by atoms with Crippen LogP contribution in [0.5, 0.6) is 0 Å². The van der Waals surface area contributed by atoms with Gasteiger partial charge in [-0.25, -0.2) is 4.99 Å². The topological polar surface area (TPSA) is 105 Å². The predicted octanol–water partition coefficient (Wildman–Crippen LogP) is 2.03. The van der Waals surface area contributed by atoms with Crippen LogP contribution in [0.3, 0.4) is 0 Å². The Balaban J connectivity index is 1.96. The smallest absolute Gasteiger partial charge is 0.272 e. The van der Waals surface area contributed by atoms with E-state index < -0.39 is 12.1 Å². The third kappa shape index (κ3) is 4.99. The summed E-state index contributed by atoms with van der Waals surface area (Å²) in [7, 11) is 0.